The summed E-state index contributed by atoms with van der Waals surface area (Å²) in [5.41, 5.74) is 1.16. The molecule has 6 heteroatoms. The Bertz CT molecular complexity index is 1120. The summed E-state index contributed by atoms with van der Waals surface area (Å²) >= 11 is 6.17. The standard InChI is InChI=1S/C23H14ClFO4/c24-21(14-6-2-1-3-7-14)23(27)28-16-10-11-17-19(13-16)29-20(22(17)26)12-15-8-4-5-9-18(15)25/h1-13,21H/b20-12-. The first-order chi connectivity index (χ1) is 14.0. The van der Waals surface area contributed by atoms with Crippen molar-refractivity contribution in [1.29, 1.82) is 0 Å². The van der Waals surface area contributed by atoms with E-state index >= 15 is 0 Å². The second-order valence-corrected chi connectivity index (χ2v) is 6.75. The molecule has 0 fully saturated rings. The highest BCUT2D eigenvalue weighted by Gasteiger charge is 2.29. The van der Waals surface area contributed by atoms with Crippen LogP contribution in [0, 0.1) is 5.82 Å². The van der Waals surface area contributed by atoms with Crippen LogP contribution in [-0.2, 0) is 4.79 Å². The van der Waals surface area contributed by atoms with Gasteiger partial charge in [0.2, 0.25) is 5.78 Å². The molecule has 0 aliphatic carbocycles. The van der Waals surface area contributed by atoms with Gasteiger partial charge in [-0.3, -0.25) is 4.79 Å². The molecule has 144 valence electrons. The van der Waals surface area contributed by atoms with Crippen LogP contribution in [0.3, 0.4) is 0 Å². The topological polar surface area (TPSA) is 52.6 Å². The van der Waals surface area contributed by atoms with Gasteiger partial charge in [0.05, 0.1) is 5.56 Å². The predicted molar refractivity (Wildman–Crippen MR) is 106 cm³/mol. The van der Waals surface area contributed by atoms with Gasteiger partial charge >= 0.3 is 5.97 Å². The molecule has 4 nitrogen and oxygen atoms in total. The molecule has 0 saturated heterocycles. The van der Waals surface area contributed by atoms with Crippen LogP contribution in [0.5, 0.6) is 11.5 Å². The first kappa shape index (κ1) is 18.9. The number of rotatable bonds is 4. The number of ether oxygens (including phenoxy) is 2. The van der Waals surface area contributed by atoms with Gasteiger partial charge in [-0.15, -0.1) is 11.6 Å². The summed E-state index contributed by atoms with van der Waals surface area (Å²) in [5.74, 6) is -1.07. The third-order valence-corrected chi connectivity index (χ3v) is 4.78. The number of carbonyl (C=O) groups is 2. The van der Waals surface area contributed by atoms with Crippen LogP contribution in [0.15, 0.2) is 78.6 Å². The maximum Gasteiger partial charge on any atom is 0.334 e. The number of benzene rings is 3. The molecule has 1 atom stereocenters. The van der Waals surface area contributed by atoms with Crippen LogP contribution in [0.2, 0.25) is 0 Å². The number of hydrogen-bond donors (Lipinski definition) is 0. The van der Waals surface area contributed by atoms with Gasteiger partial charge in [-0.05, 0) is 29.8 Å². The van der Waals surface area contributed by atoms with Gasteiger partial charge in [0.15, 0.2) is 11.1 Å². The maximum absolute atomic E-state index is 13.8. The maximum atomic E-state index is 13.8. The lowest BCUT2D eigenvalue weighted by Gasteiger charge is -2.10. The van der Waals surface area contributed by atoms with Gasteiger partial charge in [-0.1, -0.05) is 48.5 Å². The van der Waals surface area contributed by atoms with E-state index < -0.39 is 17.2 Å². The summed E-state index contributed by atoms with van der Waals surface area (Å²) in [7, 11) is 0. The molecule has 1 aliphatic rings. The van der Waals surface area contributed by atoms with Crippen LogP contribution in [0.4, 0.5) is 4.39 Å². The lowest BCUT2D eigenvalue weighted by atomic mass is 10.1. The van der Waals surface area contributed by atoms with E-state index in [4.69, 9.17) is 21.1 Å². The van der Waals surface area contributed by atoms with Crippen LogP contribution in [0.25, 0.3) is 6.08 Å². The Morgan fingerprint density at radius 2 is 1.76 bits per heavy atom. The number of alkyl halides is 1. The lowest BCUT2D eigenvalue weighted by Crippen LogP contribution is -2.14. The second-order valence-electron chi connectivity index (χ2n) is 6.31. The number of fused-ring (bicyclic) bond motifs is 1. The van der Waals surface area contributed by atoms with Crippen molar-refractivity contribution in [3.05, 3.63) is 101 Å². The lowest BCUT2D eigenvalue weighted by molar-refractivity contribution is -0.134. The molecule has 0 radical (unpaired) electrons. The molecule has 29 heavy (non-hydrogen) atoms. The fraction of sp³-hybridized carbons (Fsp3) is 0.0435. The monoisotopic (exact) mass is 408 g/mol. The number of Topliss-reactive ketones (excluding diaryl/α,β-unsaturated/α-hetero) is 1. The molecule has 0 amide bonds. The average molecular weight is 409 g/mol. The van der Waals surface area contributed by atoms with Crippen molar-refractivity contribution < 1.29 is 23.5 Å². The number of ketones is 1. The van der Waals surface area contributed by atoms with Crippen molar-refractivity contribution in [2.45, 2.75) is 5.38 Å². The van der Waals surface area contributed by atoms with Crippen LogP contribution in [-0.4, -0.2) is 11.8 Å². The average Bonchev–Trinajstić information content (AvgIpc) is 3.04. The third kappa shape index (κ3) is 3.91. The number of hydrogen-bond acceptors (Lipinski definition) is 4. The van der Waals surface area contributed by atoms with E-state index in [2.05, 4.69) is 0 Å². The molecule has 1 unspecified atom stereocenters. The highest BCUT2D eigenvalue weighted by atomic mass is 35.5. The van der Waals surface area contributed by atoms with Gasteiger partial charge < -0.3 is 9.47 Å². The van der Waals surface area contributed by atoms with E-state index in [0.717, 1.165) is 0 Å². The number of allylic oxidation sites excluding steroid dienone is 1. The molecular weight excluding hydrogens is 395 g/mol. The van der Waals surface area contributed by atoms with E-state index in [1.807, 2.05) is 6.07 Å². The Kier molecular flexibility index (Phi) is 5.14. The number of esters is 1. The fourth-order valence-electron chi connectivity index (χ4n) is 2.89. The van der Waals surface area contributed by atoms with Crippen molar-refractivity contribution >= 4 is 29.4 Å². The smallest absolute Gasteiger partial charge is 0.334 e. The minimum absolute atomic E-state index is 0.00641. The predicted octanol–water partition coefficient (Wildman–Crippen LogP) is 5.33. The van der Waals surface area contributed by atoms with Gasteiger partial charge in [-0.25, -0.2) is 9.18 Å². The molecule has 1 aliphatic heterocycles. The summed E-state index contributed by atoms with van der Waals surface area (Å²) in [6.07, 6.45) is 1.34. The Morgan fingerprint density at radius 1 is 1.03 bits per heavy atom. The SMILES string of the molecule is O=C1/C(=C/c2ccccc2F)Oc2cc(OC(=O)C(Cl)c3ccccc3)ccc21. The summed E-state index contributed by atoms with van der Waals surface area (Å²) in [4.78, 5) is 24.8. The van der Waals surface area contributed by atoms with E-state index in [0.29, 0.717) is 11.1 Å². The van der Waals surface area contributed by atoms with Gasteiger partial charge in [0.1, 0.15) is 17.3 Å². The fourth-order valence-corrected chi connectivity index (χ4v) is 3.08. The normalized spacial score (nSPS) is 15.0. The van der Waals surface area contributed by atoms with Gasteiger partial charge in [0.25, 0.3) is 0 Å². The quantitative estimate of drug-likeness (QED) is 0.253. The molecule has 4 rings (SSSR count). The van der Waals surface area contributed by atoms with Gasteiger partial charge in [0, 0.05) is 11.6 Å². The number of halogens is 2. The molecule has 0 aromatic heterocycles. The second kappa shape index (κ2) is 7.89. The molecule has 0 N–H and O–H groups in total. The van der Waals surface area contributed by atoms with Crippen LogP contribution < -0.4 is 9.47 Å². The highest BCUT2D eigenvalue weighted by molar-refractivity contribution is 6.30. The van der Waals surface area contributed by atoms with Gasteiger partial charge in [-0.2, -0.15) is 0 Å². The third-order valence-electron chi connectivity index (χ3n) is 4.35. The van der Waals surface area contributed by atoms with Crippen molar-refractivity contribution in [3.63, 3.8) is 0 Å². The summed E-state index contributed by atoms with van der Waals surface area (Å²) in [6.45, 7) is 0. The zero-order chi connectivity index (χ0) is 20.4. The summed E-state index contributed by atoms with van der Waals surface area (Å²) < 4.78 is 24.7. The van der Waals surface area contributed by atoms with Crippen molar-refractivity contribution in [2.24, 2.45) is 0 Å². The molecule has 0 spiro atoms. The summed E-state index contributed by atoms with van der Waals surface area (Å²) in [5, 5.41) is -0.969. The largest absolute Gasteiger partial charge is 0.452 e. The molecule has 3 aromatic carbocycles. The zero-order valence-corrected chi connectivity index (χ0v) is 15.7. The molecule has 3 aromatic rings. The Morgan fingerprint density at radius 3 is 2.52 bits per heavy atom. The van der Waals surface area contributed by atoms with Crippen LogP contribution >= 0.6 is 11.6 Å². The Hall–Kier alpha value is -3.44. The molecule has 0 saturated carbocycles. The van der Waals surface area contributed by atoms with E-state index in [-0.39, 0.29) is 28.6 Å². The zero-order valence-electron chi connectivity index (χ0n) is 15.0. The molecular formula is C23H14ClFO4. The first-order valence-corrected chi connectivity index (χ1v) is 9.20. The van der Waals surface area contributed by atoms with Crippen molar-refractivity contribution in [2.75, 3.05) is 0 Å². The van der Waals surface area contributed by atoms with E-state index in [9.17, 15) is 14.0 Å². The van der Waals surface area contributed by atoms with E-state index in [1.54, 1.807) is 42.5 Å². The van der Waals surface area contributed by atoms with E-state index in [1.165, 1.54) is 30.3 Å². The van der Waals surface area contributed by atoms with Crippen LogP contribution in [0.1, 0.15) is 26.9 Å². The summed E-state index contributed by atoms with van der Waals surface area (Å²) in [6, 6.07) is 19.3. The van der Waals surface area contributed by atoms with Crippen molar-refractivity contribution in [3.8, 4) is 11.5 Å². The minimum atomic E-state index is -0.969. The molecule has 0 bridgehead atoms. The minimum Gasteiger partial charge on any atom is -0.452 e. The first-order valence-electron chi connectivity index (χ1n) is 8.76. The number of carbonyl (C=O) groups excluding carboxylic acids is 2. The Labute approximate surface area is 171 Å². The van der Waals surface area contributed by atoms with Crippen molar-refractivity contribution in [1.82, 2.24) is 0 Å². The molecule has 1 heterocycles. The Balaban J connectivity index is 1.53. The highest BCUT2D eigenvalue weighted by Crippen LogP contribution is 2.35.